The van der Waals surface area contributed by atoms with Gasteiger partial charge in [-0.05, 0) is 72.1 Å². The third-order valence-corrected chi connectivity index (χ3v) is 5.54. The number of halogens is 6. The Kier molecular flexibility index (Phi) is 6.39. The molecule has 0 aromatic heterocycles. The Morgan fingerprint density at radius 1 is 0.735 bits per heavy atom. The number of hydrogen-bond donors (Lipinski definition) is 1. The molecule has 34 heavy (non-hydrogen) atoms. The Morgan fingerprint density at radius 2 is 1.44 bits per heavy atom. The van der Waals surface area contributed by atoms with Crippen LogP contribution in [0.25, 0.3) is 11.1 Å². The Morgan fingerprint density at radius 3 is 2.09 bits per heavy atom. The van der Waals surface area contributed by atoms with Gasteiger partial charge in [0.25, 0.3) is 0 Å². The standard InChI is InChI=1S/C26H15ClF5NO/c1-13-2-3-14(15-9-22(30)25(32)23(31)10-15)8-19(13)26(34)18-6-5-17(12-20(18)27)33-24-7-4-16(28)11-21(24)29/h2-12,33H,1H3. The molecule has 0 aliphatic carbocycles. The lowest BCUT2D eigenvalue weighted by Gasteiger charge is -2.12. The number of benzene rings is 4. The highest BCUT2D eigenvalue weighted by Crippen LogP contribution is 2.30. The molecule has 0 aliphatic rings. The predicted octanol–water partition coefficient (Wildman–Crippen LogP) is 7.99. The van der Waals surface area contributed by atoms with E-state index in [-0.39, 0.29) is 27.4 Å². The second-order valence-corrected chi connectivity index (χ2v) is 7.96. The molecule has 0 radical (unpaired) electrons. The lowest BCUT2D eigenvalue weighted by Crippen LogP contribution is -2.06. The molecule has 0 spiro atoms. The maximum atomic E-state index is 13.9. The fourth-order valence-electron chi connectivity index (χ4n) is 3.44. The Bertz CT molecular complexity index is 1410. The van der Waals surface area contributed by atoms with Crippen molar-refractivity contribution in [3.63, 3.8) is 0 Å². The summed E-state index contributed by atoms with van der Waals surface area (Å²) in [4.78, 5) is 13.2. The first-order valence-electron chi connectivity index (χ1n) is 9.96. The maximum absolute atomic E-state index is 13.9. The van der Waals surface area contributed by atoms with Gasteiger partial charge in [0.15, 0.2) is 23.2 Å². The second-order valence-electron chi connectivity index (χ2n) is 7.56. The van der Waals surface area contributed by atoms with Crippen LogP contribution in [0.15, 0.2) is 66.7 Å². The van der Waals surface area contributed by atoms with E-state index >= 15 is 0 Å². The number of carbonyl (C=O) groups excluding carboxylic acids is 1. The average Bonchev–Trinajstić information content (AvgIpc) is 2.79. The summed E-state index contributed by atoms with van der Waals surface area (Å²) in [6.07, 6.45) is 0. The number of rotatable bonds is 5. The number of aryl methyl sites for hydroxylation is 1. The predicted molar refractivity (Wildman–Crippen MR) is 121 cm³/mol. The van der Waals surface area contributed by atoms with E-state index in [9.17, 15) is 26.7 Å². The summed E-state index contributed by atoms with van der Waals surface area (Å²) >= 11 is 6.32. The van der Waals surface area contributed by atoms with Gasteiger partial charge in [0, 0.05) is 22.9 Å². The first-order chi connectivity index (χ1) is 16.1. The minimum absolute atomic E-state index is 0.0267. The van der Waals surface area contributed by atoms with Crippen molar-refractivity contribution >= 4 is 28.8 Å². The topological polar surface area (TPSA) is 29.1 Å². The van der Waals surface area contributed by atoms with Gasteiger partial charge in [0.2, 0.25) is 0 Å². The fraction of sp³-hybridized carbons (Fsp3) is 0.0385. The second kappa shape index (κ2) is 9.27. The smallest absolute Gasteiger partial charge is 0.194 e. The van der Waals surface area contributed by atoms with Gasteiger partial charge in [0.05, 0.1) is 10.7 Å². The minimum Gasteiger partial charge on any atom is -0.353 e. The SMILES string of the molecule is Cc1ccc(-c2cc(F)c(F)c(F)c2)cc1C(=O)c1ccc(Nc2ccc(F)cc2F)cc1Cl. The van der Waals surface area contributed by atoms with Gasteiger partial charge in [-0.15, -0.1) is 0 Å². The zero-order chi connectivity index (χ0) is 24.6. The van der Waals surface area contributed by atoms with Gasteiger partial charge in [-0.1, -0.05) is 23.7 Å². The molecule has 0 bridgehead atoms. The molecule has 1 N–H and O–H groups in total. The number of carbonyl (C=O) groups is 1. The van der Waals surface area contributed by atoms with Crippen molar-refractivity contribution in [2.75, 3.05) is 5.32 Å². The first kappa shape index (κ1) is 23.4. The lowest BCUT2D eigenvalue weighted by atomic mass is 9.94. The summed E-state index contributed by atoms with van der Waals surface area (Å²) < 4.78 is 67.7. The van der Waals surface area contributed by atoms with Crippen molar-refractivity contribution in [3.05, 3.63) is 118 Å². The molecule has 0 aliphatic heterocycles. The van der Waals surface area contributed by atoms with E-state index in [2.05, 4.69) is 5.32 Å². The van der Waals surface area contributed by atoms with Crippen LogP contribution in [-0.2, 0) is 0 Å². The molecule has 0 saturated carbocycles. The van der Waals surface area contributed by atoms with E-state index in [1.807, 2.05) is 0 Å². The molecule has 0 heterocycles. The molecule has 0 saturated heterocycles. The van der Waals surface area contributed by atoms with Gasteiger partial charge < -0.3 is 5.32 Å². The van der Waals surface area contributed by atoms with Crippen LogP contribution in [0.2, 0.25) is 5.02 Å². The van der Waals surface area contributed by atoms with Crippen molar-refractivity contribution in [1.82, 2.24) is 0 Å². The third kappa shape index (κ3) is 4.65. The highest BCUT2D eigenvalue weighted by Gasteiger charge is 2.18. The van der Waals surface area contributed by atoms with Crippen molar-refractivity contribution in [2.45, 2.75) is 6.92 Å². The quantitative estimate of drug-likeness (QED) is 0.176. The Labute approximate surface area is 196 Å². The lowest BCUT2D eigenvalue weighted by molar-refractivity contribution is 0.103. The van der Waals surface area contributed by atoms with Gasteiger partial charge in [-0.3, -0.25) is 4.79 Å². The van der Waals surface area contributed by atoms with Crippen molar-refractivity contribution in [3.8, 4) is 11.1 Å². The van der Waals surface area contributed by atoms with E-state index in [4.69, 9.17) is 11.6 Å². The number of anilines is 2. The molecule has 0 unspecified atom stereocenters. The van der Waals surface area contributed by atoms with Crippen LogP contribution in [-0.4, -0.2) is 5.78 Å². The molecule has 0 amide bonds. The van der Waals surface area contributed by atoms with Crippen LogP contribution >= 0.6 is 11.6 Å². The average molecular weight is 488 g/mol. The van der Waals surface area contributed by atoms with Gasteiger partial charge in [-0.2, -0.15) is 0 Å². The van der Waals surface area contributed by atoms with Crippen molar-refractivity contribution in [2.24, 2.45) is 0 Å². The van der Waals surface area contributed by atoms with Gasteiger partial charge in [0.1, 0.15) is 11.6 Å². The van der Waals surface area contributed by atoms with Crippen LogP contribution in [0, 0.1) is 36.0 Å². The zero-order valence-corrected chi connectivity index (χ0v) is 18.3. The molecule has 4 rings (SSSR count). The largest absolute Gasteiger partial charge is 0.353 e. The molecular formula is C26H15ClF5NO. The molecule has 2 nitrogen and oxygen atoms in total. The number of hydrogen-bond acceptors (Lipinski definition) is 2. The molecular weight excluding hydrogens is 473 g/mol. The summed E-state index contributed by atoms with van der Waals surface area (Å²) in [6.45, 7) is 1.68. The number of nitrogens with one attached hydrogen (secondary N) is 1. The molecule has 172 valence electrons. The summed E-state index contributed by atoms with van der Waals surface area (Å²) in [6, 6.07) is 13.7. The van der Waals surface area contributed by atoms with Gasteiger partial charge in [-0.25, -0.2) is 22.0 Å². The van der Waals surface area contributed by atoms with E-state index in [0.717, 1.165) is 24.3 Å². The van der Waals surface area contributed by atoms with E-state index < -0.39 is 34.9 Å². The van der Waals surface area contributed by atoms with E-state index in [1.165, 1.54) is 30.3 Å². The Hall–Kier alpha value is -3.71. The fourth-order valence-corrected chi connectivity index (χ4v) is 3.70. The minimum atomic E-state index is -1.58. The third-order valence-electron chi connectivity index (χ3n) is 5.22. The molecule has 4 aromatic carbocycles. The van der Waals surface area contributed by atoms with Crippen LogP contribution in [0.4, 0.5) is 33.3 Å². The molecule has 4 aromatic rings. The van der Waals surface area contributed by atoms with Gasteiger partial charge >= 0.3 is 0 Å². The molecule has 0 atom stereocenters. The number of ketones is 1. The highest BCUT2D eigenvalue weighted by atomic mass is 35.5. The first-order valence-corrected chi connectivity index (χ1v) is 10.3. The van der Waals surface area contributed by atoms with Crippen LogP contribution in [0.5, 0.6) is 0 Å². The summed E-state index contributed by atoms with van der Waals surface area (Å²) in [5, 5.41) is 2.83. The van der Waals surface area contributed by atoms with Crippen LogP contribution in [0.1, 0.15) is 21.5 Å². The summed E-state index contributed by atoms with van der Waals surface area (Å²) in [5.74, 6) is -6.22. The van der Waals surface area contributed by atoms with Crippen molar-refractivity contribution in [1.29, 1.82) is 0 Å². The van der Waals surface area contributed by atoms with Crippen molar-refractivity contribution < 1.29 is 26.7 Å². The maximum Gasteiger partial charge on any atom is 0.194 e. The highest BCUT2D eigenvalue weighted by molar-refractivity contribution is 6.35. The van der Waals surface area contributed by atoms with E-state index in [1.54, 1.807) is 19.1 Å². The van der Waals surface area contributed by atoms with Crippen LogP contribution in [0.3, 0.4) is 0 Å². The molecule has 0 fully saturated rings. The normalized spacial score (nSPS) is 10.9. The van der Waals surface area contributed by atoms with E-state index in [0.29, 0.717) is 16.8 Å². The van der Waals surface area contributed by atoms with Crippen LogP contribution < -0.4 is 5.32 Å². The molecule has 8 heteroatoms. The zero-order valence-electron chi connectivity index (χ0n) is 17.5. The summed E-state index contributed by atoms with van der Waals surface area (Å²) in [5.41, 5.74) is 1.74. The monoisotopic (exact) mass is 487 g/mol. The summed E-state index contributed by atoms with van der Waals surface area (Å²) in [7, 11) is 0. The Balaban J connectivity index is 1.66.